The van der Waals surface area contributed by atoms with E-state index in [4.69, 9.17) is 5.73 Å². The average Bonchev–Trinajstić information content (AvgIpc) is 3.16. The zero-order chi connectivity index (χ0) is 19.5. The molecule has 28 heavy (non-hydrogen) atoms. The first-order chi connectivity index (χ1) is 13.6. The summed E-state index contributed by atoms with van der Waals surface area (Å²) in [5.74, 6) is 1.65. The van der Waals surface area contributed by atoms with Crippen molar-refractivity contribution in [2.45, 2.75) is 6.42 Å². The van der Waals surface area contributed by atoms with Crippen LogP contribution in [0, 0.1) is 17.8 Å². The van der Waals surface area contributed by atoms with Crippen LogP contribution < -0.4 is 16.0 Å². The van der Waals surface area contributed by atoms with Crippen LogP contribution in [0.25, 0.3) is 6.08 Å². The number of nitrogens with two attached hydrogens (primary N) is 1. The van der Waals surface area contributed by atoms with Gasteiger partial charge in [-0.25, -0.2) is 0 Å². The van der Waals surface area contributed by atoms with E-state index in [1.807, 2.05) is 24.3 Å². The number of nitrogens with zero attached hydrogens (tertiary/aromatic N) is 2. The number of nitrogens with one attached hydrogen (secondary N) is 1. The average molecular weight is 376 g/mol. The Hall–Kier alpha value is -3.15. The van der Waals surface area contributed by atoms with E-state index in [1.165, 1.54) is 0 Å². The molecule has 1 aliphatic heterocycles. The topological polar surface area (TPSA) is 88.3 Å². The number of carbonyl (C=O) groups excluding carboxylic acids is 2. The smallest absolute Gasteiger partial charge is 0.248 e. The third kappa shape index (κ3) is 4.06. The second-order valence-corrected chi connectivity index (χ2v) is 7.51. The van der Waals surface area contributed by atoms with Crippen LogP contribution in [0.15, 0.2) is 54.9 Å². The lowest BCUT2D eigenvalue weighted by Crippen LogP contribution is -2.26. The molecule has 1 saturated carbocycles. The summed E-state index contributed by atoms with van der Waals surface area (Å²) in [5, 5.41) is 2.97. The number of primary amides is 1. The van der Waals surface area contributed by atoms with Gasteiger partial charge in [0, 0.05) is 49.4 Å². The van der Waals surface area contributed by atoms with Gasteiger partial charge in [-0.05, 0) is 66.1 Å². The van der Waals surface area contributed by atoms with Gasteiger partial charge in [-0.1, -0.05) is 6.07 Å². The van der Waals surface area contributed by atoms with Crippen molar-refractivity contribution in [1.82, 2.24) is 10.3 Å². The fourth-order valence-electron chi connectivity index (χ4n) is 4.19. The highest BCUT2D eigenvalue weighted by atomic mass is 16.1. The van der Waals surface area contributed by atoms with Gasteiger partial charge in [0.05, 0.1) is 0 Å². The maximum absolute atomic E-state index is 11.9. The number of anilines is 1. The standard InChI is InChI=1S/C22H24N4O2/c23-22(28)16-4-6-17(7-5-16)26-13-19-18(20(19)14-26)9-11-25-21(27)8-3-15-2-1-10-24-12-15/h1-8,10,12,18-20H,9,11,13-14H2,(H2,23,28)(H,25,27)/b8-3+/t18-,19-,20+. The monoisotopic (exact) mass is 376 g/mol. The Kier molecular flexibility index (Phi) is 5.10. The Morgan fingerprint density at radius 1 is 1.18 bits per heavy atom. The molecule has 3 N–H and O–H groups in total. The lowest BCUT2D eigenvalue weighted by molar-refractivity contribution is -0.116. The number of hydrogen-bond acceptors (Lipinski definition) is 4. The number of fused-ring (bicyclic) bond motifs is 1. The highest BCUT2D eigenvalue weighted by molar-refractivity contribution is 5.93. The van der Waals surface area contributed by atoms with E-state index in [-0.39, 0.29) is 5.91 Å². The van der Waals surface area contributed by atoms with E-state index in [0.717, 1.165) is 30.8 Å². The summed E-state index contributed by atoms with van der Waals surface area (Å²) in [6.07, 6.45) is 7.79. The lowest BCUT2D eigenvalue weighted by atomic mass is 10.1. The second kappa shape index (κ2) is 7.84. The molecule has 1 aromatic carbocycles. The predicted octanol–water partition coefficient (Wildman–Crippen LogP) is 2.08. The minimum Gasteiger partial charge on any atom is -0.371 e. The van der Waals surface area contributed by atoms with Gasteiger partial charge in [0.25, 0.3) is 0 Å². The molecular weight excluding hydrogens is 352 g/mol. The van der Waals surface area contributed by atoms with Crippen LogP contribution in [0.3, 0.4) is 0 Å². The van der Waals surface area contributed by atoms with Crippen molar-refractivity contribution in [2.24, 2.45) is 23.5 Å². The second-order valence-electron chi connectivity index (χ2n) is 7.51. The minimum atomic E-state index is -0.395. The van der Waals surface area contributed by atoms with E-state index in [9.17, 15) is 9.59 Å². The van der Waals surface area contributed by atoms with Gasteiger partial charge in [-0.2, -0.15) is 0 Å². The summed E-state index contributed by atoms with van der Waals surface area (Å²) < 4.78 is 0. The molecule has 2 aromatic rings. The summed E-state index contributed by atoms with van der Waals surface area (Å²) in [5.41, 5.74) is 7.89. The zero-order valence-corrected chi connectivity index (χ0v) is 15.6. The van der Waals surface area contributed by atoms with E-state index in [2.05, 4.69) is 15.2 Å². The van der Waals surface area contributed by atoms with Gasteiger partial charge in [0.2, 0.25) is 11.8 Å². The van der Waals surface area contributed by atoms with Crippen molar-refractivity contribution in [3.05, 3.63) is 66.0 Å². The molecule has 1 saturated heterocycles. The Morgan fingerprint density at radius 3 is 2.57 bits per heavy atom. The SMILES string of the molecule is NC(=O)c1ccc(N2C[C@@H]3[C@@H](CCNC(=O)/C=C/c4cccnc4)[C@@H]3C2)cc1. The van der Waals surface area contributed by atoms with Crippen LogP contribution in [-0.2, 0) is 4.79 Å². The normalized spacial score (nSPS) is 22.9. The zero-order valence-electron chi connectivity index (χ0n) is 15.6. The number of piperidine rings is 1. The van der Waals surface area contributed by atoms with Gasteiger partial charge < -0.3 is 16.0 Å². The molecule has 3 atom stereocenters. The number of rotatable bonds is 7. The third-order valence-corrected chi connectivity index (χ3v) is 5.78. The van der Waals surface area contributed by atoms with E-state index in [0.29, 0.717) is 29.9 Å². The van der Waals surface area contributed by atoms with Crippen molar-refractivity contribution in [1.29, 1.82) is 0 Å². The molecule has 144 valence electrons. The molecule has 2 fully saturated rings. The van der Waals surface area contributed by atoms with Gasteiger partial charge in [-0.15, -0.1) is 0 Å². The Labute approximate surface area is 164 Å². The highest BCUT2D eigenvalue weighted by Crippen LogP contribution is 2.54. The third-order valence-electron chi connectivity index (χ3n) is 5.78. The van der Waals surface area contributed by atoms with Gasteiger partial charge >= 0.3 is 0 Å². The summed E-state index contributed by atoms with van der Waals surface area (Å²) in [6.45, 7) is 2.79. The van der Waals surface area contributed by atoms with Gasteiger partial charge in [0.15, 0.2) is 0 Å². The van der Waals surface area contributed by atoms with Crippen LogP contribution in [0.5, 0.6) is 0 Å². The van der Waals surface area contributed by atoms with Crippen LogP contribution in [-0.4, -0.2) is 36.4 Å². The van der Waals surface area contributed by atoms with Gasteiger partial charge in [0.1, 0.15) is 0 Å². The molecule has 0 spiro atoms. The first-order valence-electron chi connectivity index (χ1n) is 9.62. The Morgan fingerprint density at radius 2 is 1.93 bits per heavy atom. The van der Waals surface area contributed by atoms with Crippen LogP contribution in [0.4, 0.5) is 5.69 Å². The number of carbonyl (C=O) groups is 2. The fraction of sp³-hybridized carbons (Fsp3) is 0.318. The molecule has 2 amide bonds. The van der Waals surface area contributed by atoms with Crippen molar-refractivity contribution in [2.75, 3.05) is 24.5 Å². The fourth-order valence-corrected chi connectivity index (χ4v) is 4.19. The van der Waals surface area contributed by atoms with Crippen LogP contribution >= 0.6 is 0 Å². The van der Waals surface area contributed by atoms with E-state index in [1.54, 1.807) is 36.7 Å². The summed E-state index contributed by atoms with van der Waals surface area (Å²) in [4.78, 5) is 29.5. The maximum Gasteiger partial charge on any atom is 0.248 e. The first kappa shape index (κ1) is 18.2. The van der Waals surface area contributed by atoms with Crippen molar-refractivity contribution < 1.29 is 9.59 Å². The molecule has 4 rings (SSSR count). The predicted molar refractivity (Wildman–Crippen MR) is 109 cm³/mol. The van der Waals surface area contributed by atoms with Crippen molar-refractivity contribution >= 4 is 23.6 Å². The van der Waals surface area contributed by atoms with E-state index >= 15 is 0 Å². The number of aromatic nitrogens is 1. The highest BCUT2D eigenvalue weighted by Gasteiger charge is 2.54. The minimum absolute atomic E-state index is 0.0640. The molecule has 2 aliphatic rings. The number of benzene rings is 1. The summed E-state index contributed by atoms with van der Waals surface area (Å²) >= 11 is 0. The first-order valence-corrected chi connectivity index (χ1v) is 9.62. The Balaban J connectivity index is 1.18. The molecule has 1 aromatic heterocycles. The lowest BCUT2D eigenvalue weighted by Gasteiger charge is -2.22. The van der Waals surface area contributed by atoms with Crippen LogP contribution in [0.1, 0.15) is 22.3 Å². The van der Waals surface area contributed by atoms with Crippen molar-refractivity contribution in [3.8, 4) is 0 Å². The molecule has 0 bridgehead atoms. The number of amides is 2. The molecule has 6 heteroatoms. The summed E-state index contributed by atoms with van der Waals surface area (Å²) in [6, 6.07) is 11.3. The molecule has 0 unspecified atom stereocenters. The molecule has 6 nitrogen and oxygen atoms in total. The summed E-state index contributed by atoms with van der Waals surface area (Å²) in [7, 11) is 0. The number of hydrogen-bond donors (Lipinski definition) is 2. The maximum atomic E-state index is 11.9. The molecular formula is C22H24N4O2. The van der Waals surface area contributed by atoms with Crippen LogP contribution in [0.2, 0.25) is 0 Å². The Bertz CT molecular complexity index is 867. The molecule has 0 radical (unpaired) electrons. The van der Waals surface area contributed by atoms with Crippen molar-refractivity contribution in [3.63, 3.8) is 0 Å². The molecule has 2 heterocycles. The largest absolute Gasteiger partial charge is 0.371 e. The molecule has 1 aliphatic carbocycles. The number of pyridine rings is 1. The quantitative estimate of drug-likeness (QED) is 0.724. The van der Waals surface area contributed by atoms with Gasteiger partial charge in [-0.3, -0.25) is 14.6 Å². The van der Waals surface area contributed by atoms with E-state index < -0.39 is 5.91 Å².